The van der Waals surface area contributed by atoms with Crippen molar-refractivity contribution in [1.82, 2.24) is 0 Å². The van der Waals surface area contributed by atoms with Crippen LogP contribution in [0.4, 0.5) is 11.4 Å². The Balaban J connectivity index is 1.85. The summed E-state index contributed by atoms with van der Waals surface area (Å²) in [5, 5.41) is 13.8. The standard InChI is InChI=1S/C17H15ClN2O7/c1-25-12-5-6-14(15(8-12)20(23)24)19-16(21)9-27-17(22)10-26-13-4-2-3-11(18)7-13/h2-8H,9-10H2,1H3,(H,19,21). The summed E-state index contributed by atoms with van der Waals surface area (Å²) in [4.78, 5) is 33.9. The lowest BCUT2D eigenvalue weighted by Gasteiger charge is -2.09. The highest BCUT2D eigenvalue weighted by molar-refractivity contribution is 6.30. The molecule has 10 heteroatoms. The minimum absolute atomic E-state index is 0.0444. The molecule has 1 N–H and O–H groups in total. The van der Waals surface area contributed by atoms with Crippen LogP contribution in [0, 0.1) is 10.1 Å². The van der Waals surface area contributed by atoms with E-state index in [0.29, 0.717) is 10.8 Å². The Labute approximate surface area is 158 Å². The van der Waals surface area contributed by atoms with Gasteiger partial charge in [-0.3, -0.25) is 14.9 Å². The molecule has 9 nitrogen and oxygen atoms in total. The van der Waals surface area contributed by atoms with Gasteiger partial charge in [-0.05, 0) is 30.3 Å². The van der Waals surface area contributed by atoms with Crippen molar-refractivity contribution >= 4 is 34.9 Å². The molecule has 1 amide bonds. The number of carbonyl (C=O) groups excluding carboxylic acids is 2. The van der Waals surface area contributed by atoms with Gasteiger partial charge in [-0.25, -0.2) is 4.79 Å². The molecule has 0 bridgehead atoms. The summed E-state index contributed by atoms with van der Waals surface area (Å²) in [7, 11) is 1.36. The summed E-state index contributed by atoms with van der Waals surface area (Å²) < 4.78 is 14.9. The van der Waals surface area contributed by atoms with Crippen LogP contribution in [-0.4, -0.2) is 37.1 Å². The second-order valence-corrected chi connectivity index (χ2v) is 5.53. The number of nitro groups is 1. The number of nitro benzene ring substituents is 1. The van der Waals surface area contributed by atoms with Gasteiger partial charge in [0.05, 0.1) is 18.1 Å². The van der Waals surface area contributed by atoms with Crippen LogP contribution in [0.5, 0.6) is 11.5 Å². The molecule has 0 radical (unpaired) electrons. The van der Waals surface area contributed by atoms with Crippen molar-refractivity contribution in [2.24, 2.45) is 0 Å². The molecule has 0 aliphatic carbocycles. The highest BCUT2D eigenvalue weighted by Crippen LogP contribution is 2.28. The first-order valence-corrected chi connectivity index (χ1v) is 7.93. The summed E-state index contributed by atoms with van der Waals surface area (Å²) in [5.41, 5.74) is -0.393. The summed E-state index contributed by atoms with van der Waals surface area (Å²) in [5.74, 6) is -0.879. The molecule has 0 fully saturated rings. The topological polar surface area (TPSA) is 117 Å². The van der Waals surface area contributed by atoms with Gasteiger partial charge in [0.1, 0.15) is 17.2 Å². The summed E-state index contributed by atoms with van der Waals surface area (Å²) in [6, 6.07) is 10.4. The molecule has 2 rings (SSSR count). The van der Waals surface area contributed by atoms with E-state index in [-0.39, 0.29) is 17.1 Å². The molecule has 0 aliphatic rings. The van der Waals surface area contributed by atoms with E-state index in [2.05, 4.69) is 5.32 Å². The van der Waals surface area contributed by atoms with Gasteiger partial charge >= 0.3 is 5.97 Å². The SMILES string of the molecule is COc1ccc(NC(=O)COC(=O)COc2cccc(Cl)c2)c([N+](=O)[O-])c1. The number of ether oxygens (including phenoxy) is 3. The van der Waals surface area contributed by atoms with Gasteiger partial charge in [-0.1, -0.05) is 17.7 Å². The Bertz CT molecular complexity index is 857. The van der Waals surface area contributed by atoms with Crippen LogP contribution >= 0.6 is 11.6 Å². The maximum atomic E-state index is 11.9. The predicted octanol–water partition coefficient (Wildman–Crippen LogP) is 2.82. The third-order valence-corrected chi connectivity index (χ3v) is 3.43. The molecular formula is C17H15ClN2O7. The van der Waals surface area contributed by atoms with Crippen LogP contribution in [-0.2, 0) is 14.3 Å². The first kappa shape index (κ1) is 20.0. The molecule has 2 aromatic rings. The van der Waals surface area contributed by atoms with Crippen molar-refractivity contribution in [1.29, 1.82) is 0 Å². The Kier molecular flexibility index (Phi) is 6.95. The lowest BCUT2D eigenvalue weighted by atomic mass is 10.2. The number of hydrogen-bond acceptors (Lipinski definition) is 7. The van der Waals surface area contributed by atoms with E-state index in [1.165, 1.54) is 31.4 Å². The zero-order valence-electron chi connectivity index (χ0n) is 14.1. The van der Waals surface area contributed by atoms with Crippen molar-refractivity contribution in [2.45, 2.75) is 0 Å². The van der Waals surface area contributed by atoms with E-state index in [0.717, 1.165) is 0 Å². The molecule has 0 heterocycles. The Morgan fingerprint density at radius 1 is 1.15 bits per heavy atom. The fourth-order valence-corrected chi connectivity index (χ4v) is 2.15. The Morgan fingerprint density at radius 3 is 2.59 bits per heavy atom. The minimum Gasteiger partial charge on any atom is -0.496 e. The van der Waals surface area contributed by atoms with Gasteiger partial charge in [0.25, 0.3) is 11.6 Å². The highest BCUT2D eigenvalue weighted by Gasteiger charge is 2.18. The summed E-state index contributed by atoms with van der Waals surface area (Å²) >= 11 is 5.79. The van der Waals surface area contributed by atoms with Gasteiger partial charge in [0.2, 0.25) is 0 Å². The molecule has 2 aromatic carbocycles. The number of hydrogen-bond donors (Lipinski definition) is 1. The minimum atomic E-state index is -0.783. The van der Waals surface area contributed by atoms with Crippen LogP contribution in [0.25, 0.3) is 0 Å². The number of halogens is 1. The third kappa shape index (κ3) is 6.15. The number of rotatable bonds is 8. The molecule has 0 saturated carbocycles. The zero-order valence-corrected chi connectivity index (χ0v) is 14.9. The highest BCUT2D eigenvalue weighted by atomic mass is 35.5. The second-order valence-electron chi connectivity index (χ2n) is 5.10. The van der Waals surface area contributed by atoms with Crippen LogP contribution in [0.2, 0.25) is 5.02 Å². The smallest absolute Gasteiger partial charge is 0.344 e. The number of benzene rings is 2. The lowest BCUT2D eigenvalue weighted by molar-refractivity contribution is -0.384. The number of carbonyl (C=O) groups is 2. The Hall–Kier alpha value is -3.33. The third-order valence-electron chi connectivity index (χ3n) is 3.19. The summed E-state index contributed by atoms with van der Waals surface area (Å²) in [6.45, 7) is -1.04. The average Bonchev–Trinajstić information content (AvgIpc) is 2.65. The van der Waals surface area contributed by atoms with Crippen LogP contribution in [0.1, 0.15) is 0 Å². The number of nitrogens with zero attached hydrogens (tertiary/aromatic N) is 1. The van der Waals surface area contributed by atoms with E-state index in [4.69, 9.17) is 25.8 Å². The van der Waals surface area contributed by atoms with Gasteiger partial charge in [-0.15, -0.1) is 0 Å². The molecule has 0 aliphatic heterocycles. The second kappa shape index (κ2) is 9.39. The van der Waals surface area contributed by atoms with Crippen molar-refractivity contribution in [3.05, 3.63) is 57.6 Å². The fraction of sp³-hybridized carbons (Fsp3) is 0.176. The van der Waals surface area contributed by atoms with Crippen molar-refractivity contribution in [2.75, 3.05) is 25.6 Å². The van der Waals surface area contributed by atoms with Gasteiger partial charge in [0.15, 0.2) is 13.2 Å². The van der Waals surface area contributed by atoms with E-state index < -0.39 is 30.0 Å². The normalized spacial score (nSPS) is 10.0. The summed E-state index contributed by atoms with van der Waals surface area (Å²) in [6.07, 6.45) is 0. The predicted molar refractivity (Wildman–Crippen MR) is 96.2 cm³/mol. The largest absolute Gasteiger partial charge is 0.496 e. The molecule has 0 saturated heterocycles. The molecule has 0 atom stereocenters. The van der Waals surface area contributed by atoms with Crippen LogP contribution < -0.4 is 14.8 Å². The van der Waals surface area contributed by atoms with Gasteiger partial charge in [-0.2, -0.15) is 0 Å². The number of nitrogens with one attached hydrogen (secondary N) is 1. The van der Waals surface area contributed by atoms with Gasteiger partial charge < -0.3 is 19.5 Å². The number of amides is 1. The van der Waals surface area contributed by atoms with Crippen molar-refractivity contribution in [3.8, 4) is 11.5 Å². The molecule has 0 spiro atoms. The first-order chi connectivity index (χ1) is 12.9. The van der Waals surface area contributed by atoms with Crippen molar-refractivity contribution in [3.63, 3.8) is 0 Å². The van der Waals surface area contributed by atoms with Crippen LogP contribution in [0.3, 0.4) is 0 Å². The fourth-order valence-electron chi connectivity index (χ4n) is 1.97. The molecule has 0 aromatic heterocycles. The molecular weight excluding hydrogens is 380 g/mol. The van der Waals surface area contributed by atoms with E-state index in [1.807, 2.05) is 0 Å². The molecule has 27 heavy (non-hydrogen) atoms. The quantitative estimate of drug-likeness (QED) is 0.415. The number of methoxy groups -OCH3 is 1. The maximum Gasteiger partial charge on any atom is 0.344 e. The van der Waals surface area contributed by atoms with E-state index >= 15 is 0 Å². The Morgan fingerprint density at radius 2 is 1.93 bits per heavy atom. The van der Waals surface area contributed by atoms with E-state index in [1.54, 1.807) is 18.2 Å². The molecule has 0 unspecified atom stereocenters. The number of esters is 1. The van der Waals surface area contributed by atoms with E-state index in [9.17, 15) is 19.7 Å². The molecule has 142 valence electrons. The number of anilines is 1. The lowest BCUT2D eigenvalue weighted by Crippen LogP contribution is -2.24. The average molecular weight is 395 g/mol. The van der Waals surface area contributed by atoms with Crippen molar-refractivity contribution < 1.29 is 28.7 Å². The zero-order chi connectivity index (χ0) is 19.8. The monoisotopic (exact) mass is 394 g/mol. The van der Waals surface area contributed by atoms with Crippen LogP contribution in [0.15, 0.2) is 42.5 Å². The van der Waals surface area contributed by atoms with Gasteiger partial charge in [0, 0.05) is 5.02 Å². The maximum absolute atomic E-state index is 11.9. The first-order valence-electron chi connectivity index (χ1n) is 7.55.